The fourth-order valence-corrected chi connectivity index (χ4v) is 2.18. The van der Waals surface area contributed by atoms with Gasteiger partial charge in [0.15, 0.2) is 12.0 Å². The van der Waals surface area contributed by atoms with Gasteiger partial charge in [0.2, 0.25) is 0 Å². The summed E-state index contributed by atoms with van der Waals surface area (Å²) in [4.78, 5) is 37.5. The summed E-state index contributed by atoms with van der Waals surface area (Å²) in [6, 6.07) is 8.10. The minimum absolute atomic E-state index is 0.0549. The van der Waals surface area contributed by atoms with Gasteiger partial charge in [0, 0.05) is 13.5 Å². The molecule has 0 aromatic heterocycles. The van der Waals surface area contributed by atoms with Crippen LogP contribution < -0.4 is 0 Å². The first-order valence-corrected chi connectivity index (χ1v) is 6.69. The summed E-state index contributed by atoms with van der Waals surface area (Å²) < 4.78 is 5.14. The van der Waals surface area contributed by atoms with Crippen molar-refractivity contribution in [1.82, 2.24) is 9.80 Å². The number of ketones is 1. The summed E-state index contributed by atoms with van der Waals surface area (Å²) >= 11 is 0. The topological polar surface area (TPSA) is 90.7 Å². The van der Waals surface area contributed by atoms with Crippen LogP contribution in [-0.4, -0.2) is 47.2 Å². The number of ether oxygens (including phenoxy) is 1. The van der Waals surface area contributed by atoms with E-state index in [1.165, 1.54) is 7.05 Å². The van der Waals surface area contributed by atoms with Crippen LogP contribution in [0.3, 0.4) is 0 Å². The number of amides is 2. The second kappa shape index (κ2) is 6.72. The Hall–Kier alpha value is -2.88. The molecule has 1 fully saturated rings. The van der Waals surface area contributed by atoms with E-state index in [0.717, 1.165) is 15.4 Å². The maximum atomic E-state index is 12.1. The number of nitriles is 1. The van der Waals surface area contributed by atoms with Gasteiger partial charge in [0.1, 0.15) is 12.6 Å². The predicted molar refractivity (Wildman–Crippen MR) is 75.1 cm³/mol. The predicted octanol–water partition coefficient (Wildman–Crippen LogP) is 0.906. The minimum Gasteiger partial charge on any atom is -0.445 e. The zero-order valence-corrected chi connectivity index (χ0v) is 12.1. The van der Waals surface area contributed by atoms with E-state index in [9.17, 15) is 14.4 Å². The normalized spacial score (nSPS) is 17.0. The van der Waals surface area contributed by atoms with Crippen molar-refractivity contribution < 1.29 is 19.1 Å². The Labute approximate surface area is 127 Å². The molecule has 0 N–H and O–H groups in total. The van der Waals surface area contributed by atoms with E-state index in [-0.39, 0.29) is 25.4 Å². The maximum absolute atomic E-state index is 12.1. The number of nitrogens with zero attached hydrogens (tertiary/aromatic N) is 3. The molecule has 7 heteroatoms. The Morgan fingerprint density at radius 2 is 2.09 bits per heavy atom. The average molecular weight is 301 g/mol. The van der Waals surface area contributed by atoms with Crippen LogP contribution in [0.4, 0.5) is 4.79 Å². The summed E-state index contributed by atoms with van der Waals surface area (Å²) in [5.74, 6) is -0.827. The lowest BCUT2D eigenvalue weighted by molar-refractivity contribution is -0.131. The summed E-state index contributed by atoms with van der Waals surface area (Å²) in [5.41, 5.74) is 0.804. The van der Waals surface area contributed by atoms with Crippen LogP contribution in [0.2, 0.25) is 0 Å². The van der Waals surface area contributed by atoms with Gasteiger partial charge < -0.3 is 4.74 Å². The van der Waals surface area contributed by atoms with Crippen LogP contribution in [0.1, 0.15) is 12.0 Å². The molecule has 0 aliphatic carbocycles. The van der Waals surface area contributed by atoms with E-state index < -0.39 is 18.0 Å². The molecule has 1 saturated heterocycles. The second-order valence-electron chi connectivity index (χ2n) is 4.92. The molecule has 7 nitrogen and oxygen atoms in total. The van der Waals surface area contributed by atoms with Crippen molar-refractivity contribution in [2.24, 2.45) is 0 Å². The Kier molecular flexibility index (Phi) is 4.73. The molecule has 1 aliphatic rings. The first kappa shape index (κ1) is 15.5. The lowest BCUT2D eigenvalue weighted by Crippen LogP contribution is -2.45. The fourth-order valence-electron chi connectivity index (χ4n) is 2.18. The highest BCUT2D eigenvalue weighted by Gasteiger charge is 2.41. The molecule has 1 heterocycles. The SMILES string of the molecule is CN(C#N)C(=O)[C@@H]1CC(=O)CN1C(=O)OCc1ccccc1. The monoisotopic (exact) mass is 301 g/mol. The van der Waals surface area contributed by atoms with Gasteiger partial charge in [-0.2, -0.15) is 5.26 Å². The maximum Gasteiger partial charge on any atom is 0.411 e. The van der Waals surface area contributed by atoms with Gasteiger partial charge in [0.25, 0.3) is 5.91 Å². The number of benzene rings is 1. The van der Waals surface area contributed by atoms with Crippen LogP contribution in [0.25, 0.3) is 0 Å². The molecule has 1 atom stereocenters. The van der Waals surface area contributed by atoms with Crippen molar-refractivity contribution in [2.45, 2.75) is 19.1 Å². The third kappa shape index (κ3) is 3.41. The lowest BCUT2D eigenvalue weighted by Gasteiger charge is -2.23. The first-order valence-electron chi connectivity index (χ1n) is 6.69. The Morgan fingerprint density at radius 3 is 2.73 bits per heavy atom. The Bertz CT molecular complexity index is 623. The number of hydrogen-bond donors (Lipinski definition) is 0. The third-order valence-electron chi connectivity index (χ3n) is 3.35. The average Bonchev–Trinajstić information content (AvgIpc) is 2.94. The van der Waals surface area contributed by atoms with Gasteiger partial charge in [-0.3, -0.25) is 19.4 Å². The van der Waals surface area contributed by atoms with Crippen LogP contribution in [0.15, 0.2) is 30.3 Å². The molecule has 1 aromatic carbocycles. The van der Waals surface area contributed by atoms with Crippen LogP contribution in [0.5, 0.6) is 0 Å². The molecule has 114 valence electrons. The number of carbonyl (C=O) groups excluding carboxylic acids is 3. The molecule has 1 aliphatic heterocycles. The quantitative estimate of drug-likeness (QED) is 0.611. The Balaban J connectivity index is 2.02. The van der Waals surface area contributed by atoms with E-state index in [4.69, 9.17) is 10.00 Å². The number of hydrogen-bond acceptors (Lipinski definition) is 5. The summed E-state index contributed by atoms with van der Waals surface area (Å²) in [6.45, 7) is -0.122. The number of rotatable bonds is 3. The largest absolute Gasteiger partial charge is 0.445 e. The number of carbonyl (C=O) groups is 3. The molecule has 0 spiro atoms. The van der Waals surface area contributed by atoms with Gasteiger partial charge in [-0.05, 0) is 5.56 Å². The van der Waals surface area contributed by atoms with Crippen molar-refractivity contribution in [3.05, 3.63) is 35.9 Å². The van der Waals surface area contributed by atoms with Gasteiger partial charge in [-0.25, -0.2) is 4.79 Å². The molecule has 2 rings (SSSR count). The van der Waals surface area contributed by atoms with E-state index in [0.29, 0.717) is 0 Å². The van der Waals surface area contributed by atoms with Crippen molar-refractivity contribution in [3.8, 4) is 6.19 Å². The zero-order valence-electron chi connectivity index (χ0n) is 12.1. The lowest BCUT2D eigenvalue weighted by atomic mass is 10.2. The highest BCUT2D eigenvalue weighted by atomic mass is 16.6. The standard InChI is InChI=1S/C15H15N3O4/c1-17(10-16)14(20)13-7-12(19)8-18(13)15(21)22-9-11-5-3-2-4-6-11/h2-6,13H,7-9H2,1H3/t13-/m0/s1. The van der Waals surface area contributed by atoms with Crippen molar-refractivity contribution in [3.63, 3.8) is 0 Å². The summed E-state index contributed by atoms with van der Waals surface area (Å²) in [6.07, 6.45) is 0.839. The zero-order chi connectivity index (χ0) is 16.1. The third-order valence-corrected chi connectivity index (χ3v) is 3.35. The second-order valence-corrected chi connectivity index (χ2v) is 4.92. The molecule has 2 amide bonds. The summed E-state index contributed by atoms with van der Waals surface area (Å²) in [7, 11) is 1.29. The highest BCUT2D eigenvalue weighted by Crippen LogP contribution is 2.18. The van der Waals surface area contributed by atoms with Gasteiger partial charge in [-0.1, -0.05) is 30.3 Å². The van der Waals surface area contributed by atoms with Crippen molar-refractivity contribution in [2.75, 3.05) is 13.6 Å². The number of Topliss-reactive ketones (excluding diaryl/α,β-unsaturated/α-hetero) is 1. The molecule has 1 aromatic rings. The van der Waals surface area contributed by atoms with Crippen molar-refractivity contribution >= 4 is 17.8 Å². The first-order chi connectivity index (χ1) is 10.5. The van der Waals surface area contributed by atoms with E-state index >= 15 is 0 Å². The summed E-state index contributed by atoms with van der Waals surface area (Å²) in [5, 5.41) is 8.74. The highest BCUT2D eigenvalue weighted by molar-refractivity contribution is 5.97. The number of likely N-dealkylation sites (N-methyl/N-ethyl adjacent to an activating group) is 1. The van der Waals surface area contributed by atoms with Crippen LogP contribution in [-0.2, 0) is 20.9 Å². The van der Waals surface area contributed by atoms with E-state index in [1.807, 2.05) is 18.2 Å². The molecule has 0 unspecified atom stereocenters. The molecule has 0 radical (unpaired) electrons. The van der Waals surface area contributed by atoms with Gasteiger partial charge in [-0.15, -0.1) is 0 Å². The van der Waals surface area contributed by atoms with Crippen molar-refractivity contribution in [1.29, 1.82) is 5.26 Å². The Morgan fingerprint density at radius 1 is 1.41 bits per heavy atom. The molecule has 22 heavy (non-hydrogen) atoms. The van der Waals surface area contributed by atoms with Gasteiger partial charge in [0.05, 0.1) is 6.54 Å². The fraction of sp³-hybridized carbons (Fsp3) is 0.333. The molecular formula is C15H15N3O4. The number of likely N-dealkylation sites (tertiary alicyclic amines) is 1. The molecule has 0 bridgehead atoms. The van der Waals surface area contributed by atoms with E-state index in [2.05, 4.69) is 0 Å². The van der Waals surface area contributed by atoms with E-state index in [1.54, 1.807) is 18.3 Å². The molecular weight excluding hydrogens is 286 g/mol. The van der Waals surface area contributed by atoms with Crippen LogP contribution in [0, 0.1) is 11.5 Å². The minimum atomic E-state index is -0.972. The molecule has 0 saturated carbocycles. The smallest absolute Gasteiger partial charge is 0.411 e. The van der Waals surface area contributed by atoms with Crippen LogP contribution >= 0.6 is 0 Å². The van der Waals surface area contributed by atoms with Gasteiger partial charge >= 0.3 is 6.09 Å².